The zero-order chi connectivity index (χ0) is 11.7. The van der Waals surface area contributed by atoms with E-state index in [4.69, 9.17) is 0 Å². The quantitative estimate of drug-likeness (QED) is 0.809. The van der Waals surface area contributed by atoms with Crippen LogP contribution in [0.5, 0.6) is 0 Å². The van der Waals surface area contributed by atoms with Gasteiger partial charge in [-0.25, -0.2) is 4.98 Å². The average molecular weight is 296 g/mol. The lowest BCUT2D eigenvalue weighted by molar-refractivity contribution is 0.575. The Balaban J connectivity index is 1.87. The van der Waals surface area contributed by atoms with Gasteiger partial charge in [-0.15, -0.1) is 10.2 Å². The second-order valence-corrected chi connectivity index (χ2v) is 5.18. The van der Waals surface area contributed by atoms with E-state index in [0.29, 0.717) is 0 Å². The molecule has 2 aromatic rings. The van der Waals surface area contributed by atoms with Gasteiger partial charge in [-0.05, 0) is 18.8 Å². The van der Waals surface area contributed by atoms with Crippen LogP contribution in [0.2, 0.25) is 0 Å². The summed E-state index contributed by atoms with van der Waals surface area (Å²) in [6.07, 6.45) is 7.87. The van der Waals surface area contributed by atoms with Gasteiger partial charge in [0.05, 0.1) is 0 Å². The molecule has 1 atom stereocenters. The van der Waals surface area contributed by atoms with E-state index in [0.717, 1.165) is 35.8 Å². The van der Waals surface area contributed by atoms with Crippen LogP contribution in [-0.4, -0.2) is 38.0 Å². The summed E-state index contributed by atoms with van der Waals surface area (Å²) in [5, 5.41) is 9.14. The molecule has 1 saturated heterocycles. The summed E-state index contributed by atoms with van der Waals surface area (Å²) in [5.74, 6) is 1.72. The van der Waals surface area contributed by atoms with Gasteiger partial charge in [0, 0.05) is 30.8 Å². The summed E-state index contributed by atoms with van der Waals surface area (Å²) >= 11 is 3.51. The van der Waals surface area contributed by atoms with Crippen LogP contribution in [-0.2, 0) is 0 Å². The molecule has 5 nitrogen and oxygen atoms in total. The van der Waals surface area contributed by atoms with Gasteiger partial charge >= 0.3 is 0 Å². The summed E-state index contributed by atoms with van der Waals surface area (Å²) in [4.78, 5) is 6.76. The lowest BCUT2D eigenvalue weighted by Crippen LogP contribution is -2.21. The molecule has 0 bridgehead atoms. The Morgan fingerprint density at radius 2 is 2.41 bits per heavy atom. The molecular weight excluding hydrogens is 282 g/mol. The normalized spacial score (nSPS) is 20.3. The van der Waals surface area contributed by atoms with Crippen molar-refractivity contribution in [1.29, 1.82) is 0 Å². The summed E-state index contributed by atoms with van der Waals surface area (Å²) < 4.78 is 1.92. The van der Waals surface area contributed by atoms with Crippen LogP contribution < -0.4 is 4.90 Å². The first-order valence-electron chi connectivity index (χ1n) is 5.84. The van der Waals surface area contributed by atoms with Crippen molar-refractivity contribution in [3.63, 3.8) is 0 Å². The summed E-state index contributed by atoms with van der Waals surface area (Å²) in [7, 11) is 0. The predicted molar refractivity (Wildman–Crippen MR) is 69.5 cm³/mol. The Kier molecular flexibility index (Phi) is 2.96. The van der Waals surface area contributed by atoms with Crippen LogP contribution in [0.25, 0.3) is 5.65 Å². The second kappa shape index (κ2) is 4.60. The van der Waals surface area contributed by atoms with E-state index in [-0.39, 0.29) is 0 Å². The van der Waals surface area contributed by atoms with E-state index >= 15 is 0 Å². The molecule has 17 heavy (non-hydrogen) atoms. The minimum atomic E-state index is 0.763. The zero-order valence-electron chi connectivity index (χ0n) is 9.46. The lowest BCUT2D eigenvalue weighted by Gasteiger charge is -2.17. The van der Waals surface area contributed by atoms with E-state index in [1.165, 1.54) is 12.8 Å². The monoisotopic (exact) mass is 295 g/mol. The molecular formula is C11H14BrN5. The molecule has 0 aromatic carbocycles. The SMILES string of the molecule is BrCCC1CCN(c2nccn3cnnc23)C1. The number of alkyl halides is 1. The van der Waals surface area contributed by atoms with Crippen LogP contribution in [0.4, 0.5) is 5.82 Å². The Labute approximate surface area is 108 Å². The summed E-state index contributed by atoms with van der Waals surface area (Å²) in [6.45, 7) is 2.14. The molecule has 3 rings (SSSR count). The Hall–Kier alpha value is -1.17. The highest BCUT2D eigenvalue weighted by molar-refractivity contribution is 9.09. The molecule has 90 valence electrons. The van der Waals surface area contributed by atoms with Gasteiger partial charge in [0.15, 0.2) is 5.82 Å². The maximum atomic E-state index is 4.45. The van der Waals surface area contributed by atoms with E-state index in [9.17, 15) is 0 Å². The van der Waals surface area contributed by atoms with E-state index < -0.39 is 0 Å². The number of fused-ring (bicyclic) bond motifs is 1. The van der Waals surface area contributed by atoms with Crippen molar-refractivity contribution in [2.45, 2.75) is 12.8 Å². The number of halogens is 1. The Bertz CT molecular complexity index is 511. The number of hydrogen-bond donors (Lipinski definition) is 0. The molecule has 1 fully saturated rings. The van der Waals surface area contributed by atoms with Crippen LogP contribution in [0.15, 0.2) is 18.7 Å². The predicted octanol–water partition coefficient (Wildman–Crippen LogP) is 1.74. The molecule has 1 aliphatic rings. The molecule has 0 radical (unpaired) electrons. The molecule has 0 amide bonds. The van der Waals surface area contributed by atoms with E-state index in [1.54, 1.807) is 6.33 Å². The van der Waals surface area contributed by atoms with Crippen molar-refractivity contribution >= 4 is 27.4 Å². The van der Waals surface area contributed by atoms with Gasteiger partial charge < -0.3 is 4.90 Å². The first-order chi connectivity index (χ1) is 8.38. The van der Waals surface area contributed by atoms with Crippen molar-refractivity contribution in [2.75, 3.05) is 23.3 Å². The van der Waals surface area contributed by atoms with Crippen molar-refractivity contribution in [1.82, 2.24) is 19.6 Å². The Morgan fingerprint density at radius 3 is 3.29 bits per heavy atom. The number of rotatable bonds is 3. The van der Waals surface area contributed by atoms with Crippen molar-refractivity contribution in [2.24, 2.45) is 5.92 Å². The van der Waals surface area contributed by atoms with Gasteiger partial charge in [0.25, 0.3) is 0 Å². The number of anilines is 1. The van der Waals surface area contributed by atoms with Crippen LogP contribution >= 0.6 is 15.9 Å². The molecule has 1 aliphatic heterocycles. The van der Waals surface area contributed by atoms with Crippen molar-refractivity contribution < 1.29 is 0 Å². The Morgan fingerprint density at radius 1 is 1.47 bits per heavy atom. The van der Waals surface area contributed by atoms with Gasteiger partial charge in [-0.3, -0.25) is 4.40 Å². The van der Waals surface area contributed by atoms with Gasteiger partial charge in [0.1, 0.15) is 6.33 Å². The fourth-order valence-corrected chi connectivity index (χ4v) is 3.03. The average Bonchev–Trinajstić information content (AvgIpc) is 2.96. The minimum Gasteiger partial charge on any atom is -0.353 e. The molecule has 0 N–H and O–H groups in total. The third kappa shape index (κ3) is 2.01. The molecule has 0 spiro atoms. The molecule has 6 heteroatoms. The molecule has 2 aromatic heterocycles. The minimum absolute atomic E-state index is 0.763. The summed E-state index contributed by atoms with van der Waals surface area (Å²) in [6, 6.07) is 0. The fourth-order valence-electron chi connectivity index (χ4n) is 2.38. The van der Waals surface area contributed by atoms with Crippen LogP contribution in [0.1, 0.15) is 12.8 Å². The highest BCUT2D eigenvalue weighted by Crippen LogP contribution is 2.26. The maximum Gasteiger partial charge on any atom is 0.203 e. The molecule has 0 aliphatic carbocycles. The van der Waals surface area contributed by atoms with Crippen molar-refractivity contribution in [3.05, 3.63) is 18.7 Å². The number of hydrogen-bond acceptors (Lipinski definition) is 4. The number of nitrogens with zero attached hydrogens (tertiary/aromatic N) is 5. The fraction of sp³-hybridized carbons (Fsp3) is 0.545. The molecule has 3 heterocycles. The molecule has 0 saturated carbocycles. The van der Waals surface area contributed by atoms with Crippen LogP contribution in [0.3, 0.4) is 0 Å². The topological polar surface area (TPSA) is 46.3 Å². The van der Waals surface area contributed by atoms with Gasteiger partial charge in [-0.2, -0.15) is 0 Å². The smallest absolute Gasteiger partial charge is 0.203 e. The largest absolute Gasteiger partial charge is 0.353 e. The third-order valence-electron chi connectivity index (χ3n) is 3.30. The van der Waals surface area contributed by atoms with E-state index in [2.05, 4.69) is 36.0 Å². The summed E-state index contributed by atoms with van der Waals surface area (Å²) in [5.41, 5.74) is 0.854. The first kappa shape index (κ1) is 11.0. The highest BCUT2D eigenvalue weighted by Gasteiger charge is 2.24. The van der Waals surface area contributed by atoms with Crippen molar-refractivity contribution in [3.8, 4) is 0 Å². The van der Waals surface area contributed by atoms with Crippen LogP contribution in [0, 0.1) is 5.92 Å². The number of aromatic nitrogens is 4. The van der Waals surface area contributed by atoms with Gasteiger partial charge in [-0.1, -0.05) is 15.9 Å². The highest BCUT2D eigenvalue weighted by atomic mass is 79.9. The first-order valence-corrected chi connectivity index (χ1v) is 6.96. The zero-order valence-corrected chi connectivity index (χ0v) is 11.0. The lowest BCUT2D eigenvalue weighted by atomic mass is 10.1. The third-order valence-corrected chi connectivity index (χ3v) is 3.76. The molecule has 1 unspecified atom stereocenters. The van der Waals surface area contributed by atoms with Gasteiger partial charge in [0.2, 0.25) is 5.65 Å². The maximum absolute atomic E-state index is 4.45. The second-order valence-electron chi connectivity index (χ2n) is 4.39. The standard InChI is InChI=1S/C11H14BrN5/c12-3-1-9-2-5-16(7-9)10-11-15-14-8-17(11)6-4-13-10/h4,6,8-9H,1-3,5,7H2. The van der Waals surface area contributed by atoms with E-state index in [1.807, 2.05) is 16.8 Å².